The molecule has 0 saturated carbocycles. The van der Waals surface area contributed by atoms with Crippen LogP contribution in [0.5, 0.6) is 5.75 Å². The first-order valence-electron chi connectivity index (χ1n) is 9.59. The first-order chi connectivity index (χ1) is 12.8. The summed E-state index contributed by atoms with van der Waals surface area (Å²) in [5, 5.41) is 1.06. The molecule has 1 aromatic carbocycles. The van der Waals surface area contributed by atoms with Gasteiger partial charge < -0.3 is 18.8 Å². The Hall–Kier alpha value is -2.27. The van der Waals surface area contributed by atoms with Crippen LogP contribution in [-0.2, 0) is 9.53 Å². The van der Waals surface area contributed by atoms with Crippen molar-refractivity contribution in [2.24, 2.45) is 0 Å². The van der Waals surface area contributed by atoms with Crippen LogP contribution in [0.3, 0.4) is 0 Å². The third-order valence-corrected chi connectivity index (χ3v) is 5.07. The van der Waals surface area contributed by atoms with E-state index >= 15 is 0 Å². The molecule has 5 nitrogen and oxygen atoms in total. The Balaban J connectivity index is 1.96. The maximum absolute atomic E-state index is 12.8. The summed E-state index contributed by atoms with van der Waals surface area (Å²) in [5.41, 5.74) is 3.74. The Morgan fingerprint density at radius 2 is 1.93 bits per heavy atom. The lowest BCUT2D eigenvalue weighted by Gasteiger charge is -2.34. The van der Waals surface area contributed by atoms with Gasteiger partial charge >= 0.3 is 0 Å². The van der Waals surface area contributed by atoms with Crippen LogP contribution in [0.15, 0.2) is 22.6 Å². The standard InChI is InChI=1S/C22H29NO4/c1-7-25-20-10-21-19(16(5)17(6)27-21)9-18(20)13(2)8-22(24)23-11-14(3)26-15(4)12-23/h8-10,14-15H,7,11-12H2,1-6H3/b13-8+. The molecule has 2 heterocycles. The number of hydrogen-bond acceptors (Lipinski definition) is 4. The minimum Gasteiger partial charge on any atom is -0.493 e. The molecule has 1 aliphatic heterocycles. The van der Waals surface area contributed by atoms with Gasteiger partial charge in [-0.25, -0.2) is 0 Å². The molecule has 5 heteroatoms. The lowest BCUT2D eigenvalue weighted by Crippen LogP contribution is -2.47. The van der Waals surface area contributed by atoms with Gasteiger partial charge in [-0.2, -0.15) is 0 Å². The van der Waals surface area contributed by atoms with Crippen LogP contribution >= 0.6 is 0 Å². The first kappa shape index (κ1) is 19.5. The normalized spacial score (nSPS) is 21.0. The van der Waals surface area contributed by atoms with Crippen molar-refractivity contribution in [3.8, 4) is 5.75 Å². The fourth-order valence-electron chi connectivity index (χ4n) is 3.66. The molecule has 0 aliphatic carbocycles. The Kier molecular flexibility index (Phi) is 5.61. The number of hydrogen-bond donors (Lipinski definition) is 0. The third kappa shape index (κ3) is 4.03. The number of morpholine rings is 1. The van der Waals surface area contributed by atoms with Crippen molar-refractivity contribution in [2.75, 3.05) is 19.7 Å². The zero-order valence-corrected chi connectivity index (χ0v) is 17.1. The molecule has 0 N–H and O–H groups in total. The highest BCUT2D eigenvalue weighted by molar-refractivity contribution is 5.97. The van der Waals surface area contributed by atoms with E-state index in [4.69, 9.17) is 13.9 Å². The molecule has 1 fully saturated rings. The van der Waals surface area contributed by atoms with E-state index in [1.54, 1.807) is 6.08 Å². The number of amides is 1. The second kappa shape index (κ2) is 7.77. The molecule has 1 amide bonds. The molecular formula is C22H29NO4. The van der Waals surface area contributed by atoms with Gasteiger partial charge in [0.2, 0.25) is 5.91 Å². The second-order valence-corrected chi connectivity index (χ2v) is 7.39. The van der Waals surface area contributed by atoms with E-state index < -0.39 is 0 Å². The zero-order valence-electron chi connectivity index (χ0n) is 17.1. The quantitative estimate of drug-likeness (QED) is 0.743. The van der Waals surface area contributed by atoms with E-state index in [0.29, 0.717) is 19.7 Å². The Morgan fingerprint density at radius 1 is 1.26 bits per heavy atom. The highest BCUT2D eigenvalue weighted by Gasteiger charge is 2.25. The molecule has 2 aromatic rings. The molecule has 146 valence electrons. The van der Waals surface area contributed by atoms with Crippen LogP contribution in [-0.4, -0.2) is 42.7 Å². The number of allylic oxidation sites excluding steroid dienone is 1. The zero-order chi connectivity index (χ0) is 19.7. The number of furan rings is 1. The largest absolute Gasteiger partial charge is 0.493 e. The van der Waals surface area contributed by atoms with Gasteiger partial charge in [0, 0.05) is 36.2 Å². The molecule has 1 saturated heterocycles. The minimum absolute atomic E-state index is 0.0112. The minimum atomic E-state index is 0.0112. The molecular weight excluding hydrogens is 342 g/mol. The number of carbonyl (C=O) groups excluding carboxylic acids is 1. The number of carbonyl (C=O) groups is 1. The maximum atomic E-state index is 12.8. The Labute approximate surface area is 160 Å². The van der Waals surface area contributed by atoms with Crippen molar-refractivity contribution in [3.05, 3.63) is 35.1 Å². The highest BCUT2D eigenvalue weighted by Crippen LogP contribution is 2.35. The summed E-state index contributed by atoms with van der Waals surface area (Å²) in [7, 11) is 0. The predicted octanol–water partition coefficient (Wildman–Crippen LogP) is 4.49. The van der Waals surface area contributed by atoms with Gasteiger partial charge in [0.05, 0.1) is 18.8 Å². The van der Waals surface area contributed by atoms with Gasteiger partial charge in [-0.1, -0.05) is 0 Å². The van der Waals surface area contributed by atoms with Crippen molar-refractivity contribution in [3.63, 3.8) is 0 Å². The van der Waals surface area contributed by atoms with Crippen LogP contribution in [0.2, 0.25) is 0 Å². The fraction of sp³-hybridized carbons (Fsp3) is 0.500. The van der Waals surface area contributed by atoms with Crippen LogP contribution in [0.25, 0.3) is 16.5 Å². The number of benzene rings is 1. The smallest absolute Gasteiger partial charge is 0.247 e. The maximum Gasteiger partial charge on any atom is 0.247 e. The molecule has 27 heavy (non-hydrogen) atoms. The molecule has 2 atom stereocenters. The molecule has 0 radical (unpaired) electrons. The third-order valence-electron chi connectivity index (χ3n) is 5.07. The molecule has 2 unspecified atom stereocenters. The molecule has 1 aromatic heterocycles. The van der Waals surface area contributed by atoms with E-state index in [9.17, 15) is 4.79 Å². The van der Waals surface area contributed by atoms with E-state index in [1.807, 2.05) is 52.5 Å². The van der Waals surface area contributed by atoms with Gasteiger partial charge in [-0.3, -0.25) is 4.79 Å². The second-order valence-electron chi connectivity index (χ2n) is 7.39. The summed E-state index contributed by atoms with van der Waals surface area (Å²) in [4.78, 5) is 14.7. The Bertz CT molecular complexity index is 870. The molecule has 0 bridgehead atoms. The highest BCUT2D eigenvalue weighted by atomic mass is 16.5. The van der Waals surface area contributed by atoms with Crippen molar-refractivity contribution in [2.45, 2.75) is 53.8 Å². The van der Waals surface area contributed by atoms with Gasteiger partial charge in [-0.15, -0.1) is 0 Å². The van der Waals surface area contributed by atoms with Crippen LogP contribution in [0, 0.1) is 13.8 Å². The van der Waals surface area contributed by atoms with Crippen molar-refractivity contribution in [1.82, 2.24) is 4.90 Å². The van der Waals surface area contributed by atoms with E-state index in [-0.39, 0.29) is 18.1 Å². The topological polar surface area (TPSA) is 51.9 Å². The summed E-state index contributed by atoms with van der Waals surface area (Å²) < 4.78 is 17.4. The van der Waals surface area contributed by atoms with Crippen LogP contribution in [0.1, 0.15) is 44.6 Å². The number of fused-ring (bicyclic) bond motifs is 1. The van der Waals surface area contributed by atoms with E-state index in [2.05, 4.69) is 6.07 Å². The lowest BCUT2D eigenvalue weighted by molar-refractivity contribution is -0.137. The summed E-state index contributed by atoms with van der Waals surface area (Å²) in [6, 6.07) is 3.99. The lowest BCUT2D eigenvalue weighted by atomic mass is 10.0. The average Bonchev–Trinajstić information content (AvgIpc) is 2.87. The van der Waals surface area contributed by atoms with Gasteiger partial charge in [-0.05, 0) is 58.7 Å². The van der Waals surface area contributed by atoms with Gasteiger partial charge in [0.25, 0.3) is 0 Å². The predicted molar refractivity (Wildman–Crippen MR) is 107 cm³/mol. The van der Waals surface area contributed by atoms with Gasteiger partial charge in [0.15, 0.2) is 0 Å². The number of rotatable bonds is 4. The van der Waals surface area contributed by atoms with Crippen LogP contribution < -0.4 is 4.74 Å². The van der Waals surface area contributed by atoms with Crippen LogP contribution in [0.4, 0.5) is 0 Å². The van der Waals surface area contributed by atoms with Crippen molar-refractivity contribution in [1.29, 1.82) is 0 Å². The summed E-state index contributed by atoms with van der Waals surface area (Å²) >= 11 is 0. The number of aryl methyl sites for hydroxylation is 2. The van der Waals surface area contributed by atoms with Crippen molar-refractivity contribution >= 4 is 22.4 Å². The molecule has 0 spiro atoms. The summed E-state index contributed by atoms with van der Waals surface area (Å²) in [5.74, 6) is 1.65. The fourth-order valence-corrected chi connectivity index (χ4v) is 3.66. The summed E-state index contributed by atoms with van der Waals surface area (Å²) in [6.45, 7) is 13.7. The summed E-state index contributed by atoms with van der Waals surface area (Å²) in [6.07, 6.45) is 1.81. The average molecular weight is 371 g/mol. The molecule has 1 aliphatic rings. The number of ether oxygens (including phenoxy) is 2. The van der Waals surface area contributed by atoms with Gasteiger partial charge in [0.1, 0.15) is 17.1 Å². The van der Waals surface area contributed by atoms with E-state index in [1.165, 1.54) is 0 Å². The molecule has 3 rings (SSSR count). The Morgan fingerprint density at radius 3 is 2.56 bits per heavy atom. The monoisotopic (exact) mass is 371 g/mol. The van der Waals surface area contributed by atoms with Crippen molar-refractivity contribution < 1.29 is 18.7 Å². The SMILES string of the molecule is CCOc1cc2oc(C)c(C)c2cc1/C(C)=C/C(=O)N1CC(C)OC(C)C1. The first-order valence-corrected chi connectivity index (χ1v) is 9.59. The number of nitrogens with zero attached hydrogens (tertiary/aromatic N) is 1. The van der Waals surface area contributed by atoms with E-state index in [0.717, 1.165) is 39.2 Å².